The molecule has 4 heteroatoms. The Balaban J connectivity index is 2.20. The molecule has 0 atom stereocenters. The topological polar surface area (TPSA) is 47.1 Å². The van der Waals surface area contributed by atoms with Crippen molar-refractivity contribution in [1.29, 1.82) is 0 Å². The second kappa shape index (κ2) is 5.58. The Labute approximate surface area is 108 Å². The number of rotatable bonds is 5. The number of hydrogen-bond donors (Lipinski definition) is 1. The van der Waals surface area contributed by atoms with Crippen LogP contribution in [0.2, 0.25) is 0 Å². The summed E-state index contributed by atoms with van der Waals surface area (Å²) in [6.07, 6.45) is 3.05. The fraction of sp³-hybridized carbons (Fsp3) is 0.357. The molecule has 1 aromatic heterocycles. The molecule has 2 aromatic rings. The molecule has 0 aliphatic heterocycles. The SMILES string of the molecule is CCCN(Cc1ccn(C)n1)c1ccccc1N. The van der Waals surface area contributed by atoms with E-state index in [0.717, 1.165) is 36.6 Å². The molecule has 18 heavy (non-hydrogen) atoms. The summed E-state index contributed by atoms with van der Waals surface area (Å²) in [5, 5.41) is 4.42. The second-order valence-corrected chi connectivity index (χ2v) is 4.46. The zero-order valence-electron chi connectivity index (χ0n) is 11.0. The van der Waals surface area contributed by atoms with Gasteiger partial charge in [0.2, 0.25) is 0 Å². The van der Waals surface area contributed by atoms with Gasteiger partial charge < -0.3 is 10.6 Å². The monoisotopic (exact) mass is 244 g/mol. The summed E-state index contributed by atoms with van der Waals surface area (Å²) in [5.41, 5.74) is 9.02. The smallest absolute Gasteiger partial charge is 0.0817 e. The van der Waals surface area contributed by atoms with E-state index < -0.39 is 0 Å². The fourth-order valence-corrected chi connectivity index (χ4v) is 2.07. The lowest BCUT2D eigenvalue weighted by atomic mass is 10.2. The number of hydrogen-bond acceptors (Lipinski definition) is 3. The summed E-state index contributed by atoms with van der Waals surface area (Å²) in [6.45, 7) is 3.94. The highest BCUT2D eigenvalue weighted by Gasteiger charge is 2.10. The number of nitrogens with zero attached hydrogens (tertiary/aromatic N) is 3. The van der Waals surface area contributed by atoms with Crippen LogP contribution in [-0.2, 0) is 13.6 Å². The molecule has 0 saturated carbocycles. The maximum Gasteiger partial charge on any atom is 0.0817 e. The molecule has 2 rings (SSSR count). The predicted molar refractivity (Wildman–Crippen MR) is 75.4 cm³/mol. The Morgan fingerprint density at radius 1 is 1.28 bits per heavy atom. The zero-order valence-corrected chi connectivity index (χ0v) is 11.0. The lowest BCUT2D eigenvalue weighted by Crippen LogP contribution is -2.24. The molecule has 0 amide bonds. The summed E-state index contributed by atoms with van der Waals surface area (Å²) in [7, 11) is 1.94. The van der Waals surface area contributed by atoms with E-state index in [4.69, 9.17) is 5.73 Å². The molecule has 0 unspecified atom stereocenters. The lowest BCUT2D eigenvalue weighted by Gasteiger charge is -2.24. The van der Waals surface area contributed by atoms with Gasteiger partial charge in [0.15, 0.2) is 0 Å². The van der Waals surface area contributed by atoms with Crippen molar-refractivity contribution in [3.05, 3.63) is 42.2 Å². The molecule has 4 nitrogen and oxygen atoms in total. The molecule has 1 heterocycles. The van der Waals surface area contributed by atoms with Gasteiger partial charge in [-0.2, -0.15) is 5.10 Å². The Morgan fingerprint density at radius 3 is 2.67 bits per heavy atom. The molecular formula is C14H20N4. The first kappa shape index (κ1) is 12.5. The molecule has 1 aromatic carbocycles. The van der Waals surface area contributed by atoms with Crippen molar-refractivity contribution in [3.8, 4) is 0 Å². The molecule has 0 aliphatic rings. The quantitative estimate of drug-likeness (QED) is 0.822. The van der Waals surface area contributed by atoms with E-state index in [1.807, 2.05) is 42.2 Å². The van der Waals surface area contributed by atoms with E-state index in [-0.39, 0.29) is 0 Å². The Hall–Kier alpha value is -1.97. The van der Waals surface area contributed by atoms with E-state index >= 15 is 0 Å². The van der Waals surface area contributed by atoms with E-state index in [1.165, 1.54) is 0 Å². The minimum Gasteiger partial charge on any atom is -0.397 e. The van der Waals surface area contributed by atoms with Crippen LogP contribution in [0.5, 0.6) is 0 Å². The number of nitrogens with two attached hydrogens (primary N) is 1. The van der Waals surface area contributed by atoms with Crippen LogP contribution in [0.15, 0.2) is 36.5 Å². The largest absolute Gasteiger partial charge is 0.397 e. The normalized spacial score (nSPS) is 10.6. The number of anilines is 2. The van der Waals surface area contributed by atoms with Gasteiger partial charge in [0, 0.05) is 19.8 Å². The van der Waals surface area contributed by atoms with Gasteiger partial charge in [0.1, 0.15) is 0 Å². The molecule has 2 N–H and O–H groups in total. The summed E-state index contributed by atoms with van der Waals surface area (Å²) >= 11 is 0. The molecule has 0 saturated heterocycles. The standard InChI is InChI=1S/C14H20N4/c1-3-9-18(11-12-8-10-17(2)16-12)14-7-5-4-6-13(14)15/h4-8,10H,3,9,11,15H2,1-2H3. The first-order valence-electron chi connectivity index (χ1n) is 6.28. The van der Waals surface area contributed by atoms with Gasteiger partial charge >= 0.3 is 0 Å². The van der Waals surface area contributed by atoms with Gasteiger partial charge in [-0.15, -0.1) is 0 Å². The first-order valence-corrected chi connectivity index (χ1v) is 6.28. The number of benzene rings is 1. The summed E-state index contributed by atoms with van der Waals surface area (Å²) in [4.78, 5) is 2.28. The summed E-state index contributed by atoms with van der Waals surface area (Å²) < 4.78 is 1.83. The van der Waals surface area contributed by atoms with Crippen LogP contribution >= 0.6 is 0 Å². The molecule has 96 valence electrons. The van der Waals surface area contributed by atoms with Gasteiger partial charge in [0.25, 0.3) is 0 Å². The van der Waals surface area contributed by atoms with Crippen LogP contribution in [0.1, 0.15) is 19.0 Å². The highest BCUT2D eigenvalue weighted by atomic mass is 15.3. The predicted octanol–water partition coefficient (Wildman–Crippen LogP) is 2.42. The summed E-state index contributed by atoms with van der Waals surface area (Å²) in [5.74, 6) is 0. The van der Waals surface area contributed by atoms with Gasteiger partial charge in [-0.25, -0.2) is 0 Å². The average molecular weight is 244 g/mol. The number of para-hydroxylation sites is 2. The van der Waals surface area contributed by atoms with Crippen molar-refractivity contribution in [1.82, 2.24) is 9.78 Å². The van der Waals surface area contributed by atoms with Crippen LogP contribution < -0.4 is 10.6 Å². The van der Waals surface area contributed by atoms with Crippen LogP contribution in [0.4, 0.5) is 11.4 Å². The highest BCUT2D eigenvalue weighted by molar-refractivity contribution is 5.67. The zero-order chi connectivity index (χ0) is 13.0. The molecular weight excluding hydrogens is 224 g/mol. The Bertz CT molecular complexity index is 504. The third-order valence-electron chi connectivity index (χ3n) is 2.89. The van der Waals surface area contributed by atoms with Crippen molar-refractivity contribution in [2.75, 3.05) is 17.2 Å². The van der Waals surface area contributed by atoms with Gasteiger partial charge in [-0.1, -0.05) is 19.1 Å². The minimum absolute atomic E-state index is 0.795. The van der Waals surface area contributed by atoms with E-state index in [2.05, 4.69) is 23.0 Å². The third kappa shape index (κ3) is 2.83. The molecule has 0 spiro atoms. The summed E-state index contributed by atoms with van der Waals surface area (Å²) in [6, 6.07) is 10.0. The van der Waals surface area contributed by atoms with E-state index in [9.17, 15) is 0 Å². The maximum atomic E-state index is 6.04. The third-order valence-corrected chi connectivity index (χ3v) is 2.89. The van der Waals surface area contributed by atoms with Crippen LogP contribution in [-0.4, -0.2) is 16.3 Å². The van der Waals surface area contributed by atoms with Gasteiger partial charge in [-0.3, -0.25) is 4.68 Å². The Morgan fingerprint density at radius 2 is 2.06 bits per heavy atom. The Kier molecular flexibility index (Phi) is 3.87. The average Bonchev–Trinajstić information content (AvgIpc) is 2.75. The molecule has 0 bridgehead atoms. The van der Waals surface area contributed by atoms with Crippen molar-refractivity contribution in [2.45, 2.75) is 19.9 Å². The molecule has 0 radical (unpaired) electrons. The number of nitrogen functional groups attached to an aromatic ring is 1. The van der Waals surface area contributed by atoms with E-state index in [1.54, 1.807) is 0 Å². The van der Waals surface area contributed by atoms with Crippen molar-refractivity contribution < 1.29 is 0 Å². The first-order chi connectivity index (χ1) is 8.70. The maximum absolute atomic E-state index is 6.04. The van der Waals surface area contributed by atoms with E-state index in [0.29, 0.717) is 0 Å². The number of aromatic nitrogens is 2. The van der Waals surface area contributed by atoms with Crippen molar-refractivity contribution >= 4 is 11.4 Å². The van der Waals surface area contributed by atoms with Crippen LogP contribution in [0, 0.1) is 0 Å². The van der Waals surface area contributed by atoms with Crippen molar-refractivity contribution in [2.24, 2.45) is 7.05 Å². The van der Waals surface area contributed by atoms with Crippen LogP contribution in [0.3, 0.4) is 0 Å². The number of aryl methyl sites for hydroxylation is 1. The second-order valence-electron chi connectivity index (χ2n) is 4.46. The lowest BCUT2D eigenvalue weighted by molar-refractivity contribution is 0.708. The van der Waals surface area contributed by atoms with Crippen molar-refractivity contribution in [3.63, 3.8) is 0 Å². The molecule has 0 fully saturated rings. The fourth-order valence-electron chi connectivity index (χ4n) is 2.07. The van der Waals surface area contributed by atoms with Crippen LogP contribution in [0.25, 0.3) is 0 Å². The highest BCUT2D eigenvalue weighted by Crippen LogP contribution is 2.24. The van der Waals surface area contributed by atoms with Gasteiger partial charge in [-0.05, 0) is 24.6 Å². The minimum atomic E-state index is 0.795. The van der Waals surface area contributed by atoms with Gasteiger partial charge in [0.05, 0.1) is 23.6 Å². The molecule has 0 aliphatic carbocycles.